The van der Waals surface area contributed by atoms with Gasteiger partial charge in [0.25, 0.3) is 0 Å². The van der Waals surface area contributed by atoms with Gasteiger partial charge in [-0.2, -0.15) is 4.57 Å². The second-order valence-corrected chi connectivity index (χ2v) is 10.7. The molecular formula is C35H22N3O4+3. The van der Waals surface area contributed by atoms with Gasteiger partial charge in [-0.05, 0) is 54.6 Å². The monoisotopic (exact) mass is 548 g/mol. The zero-order valence-electron chi connectivity index (χ0n) is 22.2. The van der Waals surface area contributed by atoms with E-state index < -0.39 is 6.17 Å². The van der Waals surface area contributed by atoms with Crippen LogP contribution in [0.1, 0.15) is 28.9 Å². The smallest absolute Gasteiger partial charge is 0.396 e. The van der Waals surface area contributed by atoms with Gasteiger partial charge in [0.15, 0.2) is 23.7 Å². The molecule has 0 spiro atoms. The normalized spacial score (nSPS) is 17.3. The van der Waals surface area contributed by atoms with Crippen molar-refractivity contribution < 1.29 is 32.6 Å². The van der Waals surface area contributed by atoms with E-state index in [0.717, 1.165) is 33.7 Å². The summed E-state index contributed by atoms with van der Waals surface area (Å²) in [5.41, 5.74) is 5.04. The molecule has 6 bridgehead atoms. The molecule has 0 saturated carbocycles. The van der Waals surface area contributed by atoms with Gasteiger partial charge in [-0.15, -0.1) is 0 Å². The molecule has 42 heavy (non-hydrogen) atoms. The van der Waals surface area contributed by atoms with Crippen LogP contribution in [0.15, 0.2) is 122 Å². The summed E-state index contributed by atoms with van der Waals surface area (Å²) in [7, 11) is 0. The standard InChI is InChI=1S/C35H22N3O4/c1-3-19-36-22(10-1)21-9-5-11-23-31(21)34(36)32-24-12-6-13-25(32)41-29-17-8-18-30-38(29)35(37-20-4-2-16-28(37)40-24)33-26(39-23)14-7-15-27(33)42-30/h1-20,34-35H/q+3. The maximum Gasteiger partial charge on any atom is 0.396 e. The van der Waals surface area contributed by atoms with E-state index in [2.05, 4.69) is 50.2 Å². The van der Waals surface area contributed by atoms with Crippen LogP contribution >= 0.6 is 0 Å². The van der Waals surface area contributed by atoms with Gasteiger partial charge in [-0.25, -0.2) is 0 Å². The number of benzene rings is 3. The third kappa shape index (κ3) is 2.81. The van der Waals surface area contributed by atoms with Crippen LogP contribution in [-0.2, 0) is 0 Å². The van der Waals surface area contributed by atoms with Crippen LogP contribution in [0.4, 0.5) is 0 Å². The van der Waals surface area contributed by atoms with E-state index in [-0.39, 0.29) is 6.04 Å². The van der Waals surface area contributed by atoms with Crippen LogP contribution < -0.4 is 32.6 Å². The van der Waals surface area contributed by atoms with Crippen molar-refractivity contribution in [3.8, 4) is 57.6 Å². The summed E-state index contributed by atoms with van der Waals surface area (Å²) in [5, 5.41) is 0. The molecule has 7 nitrogen and oxygen atoms in total. The van der Waals surface area contributed by atoms with Gasteiger partial charge >= 0.3 is 23.8 Å². The molecule has 6 aromatic rings. The van der Waals surface area contributed by atoms with Crippen LogP contribution in [0.25, 0.3) is 11.3 Å². The summed E-state index contributed by atoms with van der Waals surface area (Å²) in [6, 6.07) is 36.2. The molecule has 7 heteroatoms. The van der Waals surface area contributed by atoms with Gasteiger partial charge in [0.05, 0.1) is 29.3 Å². The second-order valence-electron chi connectivity index (χ2n) is 10.7. The van der Waals surface area contributed by atoms with Gasteiger partial charge in [0, 0.05) is 18.2 Å². The van der Waals surface area contributed by atoms with Gasteiger partial charge in [0.1, 0.15) is 28.6 Å². The fourth-order valence-electron chi connectivity index (χ4n) is 6.87. The minimum atomic E-state index is -0.418. The number of hydrogen-bond donors (Lipinski definition) is 0. The Kier molecular flexibility index (Phi) is 4.17. The van der Waals surface area contributed by atoms with Crippen molar-refractivity contribution in [1.29, 1.82) is 0 Å². The Hall–Kier alpha value is -5.69. The zero-order chi connectivity index (χ0) is 27.4. The fourth-order valence-corrected chi connectivity index (χ4v) is 6.87. The Balaban J connectivity index is 1.42. The van der Waals surface area contributed by atoms with Gasteiger partial charge in [0.2, 0.25) is 11.7 Å². The molecule has 0 radical (unpaired) electrons. The molecule has 0 amide bonds. The summed E-state index contributed by atoms with van der Waals surface area (Å²) in [5.74, 6) is 5.59. The van der Waals surface area contributed by atoms with E-state index in [0.29, 0.717) is 40.6 Å². The molecule has 0 saturated heterocycles. The van der Waals surface area contributed by atoms with Gasteiger partial charge < -0.3 is 18.9 Å². The van der Waals surface area contributed by atoms with E-state index in [1.165, 1.54) is 0 Å². The highest BCUT2D eigenvalue weighted by Crippen LogP contribution is 2.52. The van der Waals surface area contributed by atoms with Crippen LogP contribution in [0.2, 0.25) is 0 Å². The fraction of sp³-hybridized carbons (Fsp3) is 0.0571. The minimum absolute atomic E-state index is 0.270. The lowest BCUT2D eigenvalue weighted by Crippen LogP contribution is -2.60. The van der Waals surface area contributed by atoms with Crippen molar-refractivity contribution in [1.82, 2.24) is 0 Å². The summed E-state index contributed by atoms with van der Waals surface area (Å²) < 4.78 is 33.8. The number of rotatable bonds is 0. The van der Waals surface area contributed by atoms with Crippen molar-refractivity contribution in [3.63, 3.8) is 0 Å². The van der Waals surface area contributed by atoms with Crippen LogP contribution in [0.5, 0.6) is 46.4 Å². The molecule has 8 heterocycles. The third-order valence-electron chi connectivity index (χ3n) is 8.54. The molecule has 3 aromatic carbocycles. The first-order valence-corrected chi connectivity index (χ1v) is 14.0. The average molecular weight is 549 g/mol. The van der Waals surface area contributed by atoms with Crippen LogP contribution in [0, 0.1) is 0 Å². The first-order chi connectivity index (χ1) is 20.8. The molecule has 2 atom stereocenters. The van der Waals surface area contributed by atoms with Crippen molar-refractivity contribution in [3.05, 3.63) is 138 Å². The molecular weight excluding hydrogens is 526 g/mol. The van der Waals surface area contributed by atoms with Crippen molar-refractivity contribution >= 4 is 0 Å². The molecule has 0 N–H and O–H groups in total. The highest BCUT2D eigenvalue weighted by molar-refractivity contribution is 5.72. The summed E-state index contributed by atoms with van der Waals surface area (Å²) in [6.07, 6.45) is 3.73. The quantitative estimate of drug-likeness (QED) is 0.207. The van der Waals surface area contributed by atoms with E-state index in [1.807, 2.05) is 85.1 Å². The molecule has 2 unspecified atom stereocenters. The average Bonchev–Trinajstić information content (AvgIpc) is 3.35. The maximum absolute atomic E-state index is 6.99. The Morgan fingerprint density at radius 1 is 0.429 bits per heavy atom. The van der Waals surface area contributed by atoms with Gasteiger partial charge in [-0.3, -0.25) is 0 Å². The van der Waals surface area contributed by atoms with E-state index >= 15 is 0 Å². The lowest BCUT2D eigenvalue weighted by molar-refractivity contribution is -0.937. The summed E-state index contributed by atoms with van der Waals surface area (Å²) >= 11 is 0. The highest BCUT2D eigenvalue weighted by Gasteiger charge is 2.51. The number of hydrogen-bond acceptors (Lipinski definition) is 4. The Labute approximate surface area is 240 Å². The number of ether oxygens (including phenoxy) is 4. The topological polar surface area (TPSA) is 48.6 Å². The lowest BCUT2D eigenvalue weighted by Gasteiger charge is -2.26. The Morgan fingerprint density at radius 2 is 0.976 bits per heavy atom. The third-order valence-corrected chi connectivity index (χ3v) is 8.54. The number of pyridine rings is 3. The largest absolute Gasteiger partial charge is 0.456 e. The minimum Gasteiger partial charge on any atom is -0.456 e. The molecule has 0 aliphatic carbocycles. The highest BCUT2D eigenvalue weighted by atomic mass is 16.5. The zero-order valence-corrected chi connectivity index (χ0v) is 22.2. The van der Waals surface area contributed by atoms with E-state index in [1.54, 1.807) is 0 Å². The second kappa shape index (κ2) is 7.95. The Bertz CT molecular complexity index is 2140. The van der Waals surface area contributed by atoms with E-state index in [9.17, 15) is 0 Å². The molecule has 11 rings (SSSR count). The van der Waals surface area contributed by atoms with Crippen LogP contribution in [0.3, 0.4) is 0 Å². The predicted octanol–water partition coefficient (Wildman–Crippen LogP) is 6.37. The number of fused-ring (bicyclic) bond motifs is 2. The Morgan fingerprint density at radius 3 is 1.74 bits per heavy atom. The van der Waals surface area contributed by atoms with Crippen molar-refractivity contribution in [2.75, 3.05) is 0 Å². The molecule has 0 fully saturated rings. The predicted molar refractivity (Wildman–Crippen MR) is 149 cm³/mol. The number of aromatic nitrogens is 3. The molecule has 5 aliphatic heterocycles. The maximum atomic E-state index is 6.99. The van der Waals surface area contributed by atoms with Gasteiger partial charge in [-0.1, -0.05) is 27.3 Å². The molecule has 3 aromatic heterocycles. The summed E-state index contributed by atoms with van der Waals surface area (Å²) in [4.78, 5) is 0. The van der Waals surface area contributed by atoms with Crippen molar-refractivity contribution in [2.45, 2.75) is 12.2 Å². The van der Waals surface area contributed by atoms with Crippen molar-refractivity contribution in [2.24, 2.45) is 0 Å². The SMILES string of the molecule is c1cc2c3c(c1)Oc1cccc4[n+]1C(c1c(cccc1O4)Oc1cccc4c1C3[n+]1ccccc1-4)[n+]1ccccc1O2. The first kappa shape index (κ1) is 22.1. The van der Waals surface area contributed by atoms with Crippen LogP contribution in [-0.4, -0.2) is 0 Å². The first-order valence-electron chi connectivity index (χ1n) is 14.0. The molecule has 5 aliphatic rings. The molecule has 198 valence electrons. The summed E-state index contributed by atoms with van der Waals surface area (Å²) in [6.45, 7) is 0. The lowest BCUT2D eigenvalue weighted by atomic mass is 9.94. The number of nitrogens with zero attached hydrogens (tertiary/aromatic N) is 3. The van der Waals surface area contributed by atoms with E-state index in [4.69, 9.17) is 18.9 Å².